The number of rotatable bonds is 6. The predicted molar refractivity (Wildman–Crippen MR) is 75.5 cm³/mol. The number of carbonyl (C=O) groups excluding carboxylic acids is 1. The summed E-state index contributed by atoms with van der Waals surface area (Å²) < 4.78 is 5.38. The molecule has 2 N–H and O–H groups in total. The summed E-state index contributed by atoms with van der Waals surface area (Å²) >= 11 is 4.87. The Bertz CT molecular complexity index is 409. The van der Waals surface area contributed by atoms with E-state index in [4.69, 9.17) is 22.7 Å². The quantitative estimate of drug-likeness (QED) is 0.792. The van der Waals surface area contributed by atoms with E-state index in [1.807, 2.05) is 37.3 Å². The molecule has 1 aromatic carbocycles. The van der Waals surface area contributed by atoms with Crippen molar-refractivity contribution < 1.29 is 9.53 Å². The molecule has 1 amide bonds. The highest BCUT2D eigenvalue weighted by Gasteiger charge is 2.14. The fourth-order valence-electron chi connectivity index (χ4n) is 1.37. The van der Waals surface area contributed by atoms with Gasteiger partial charge in [0.1, 0.15) is 5.75 Å². The smallest absolute Gasteiger partial charge is 0.260 e. The number of carbonyl (C=O) groups is 1. The Morgan fingerprint density at radius 3 is 2.61 bits per heavy atom. The van der Waals surface area contributed by atoms with E-state index in [0.717, 1.165) is 0 Å². The number of hydrogen-bond donors (Lipinski definition) is 1. The third kappa shape index (κ3) is 4.71. The van der Waals surface area contributed by atoms with Gasteiger partial charge in [0.05, 0.1) is 4.99 Å². The lowest BCUT2D eigenvalue weighted by molar-refractivity contribution is -0.132. The second kappa shape index (κ2) is 6.96. The van der Waals surface area contributed by atoms with E-state index in [0.29, 0.717) is 17.3 Å². The van der Waals surface area contributed by atoms with Crippen LogP contribution in [0.2, 0.25) is 0 Å². The number of likely N-dealkylation sites (N-methyl/N-ethyl adjacent to an activating group) is 1. The summed E-state index contributed by atoms with van der Waals surface area (Å²) in [6.45, 7) is 2.42. The zero-order chi connectivity index (χ0) is 13.5. The van der Waals surface area contributed by atoms with E-state index in [9.17, 15) is 4.79 Å². The van der Waals surface area contributed by atoms with Crippen molar-refractivity contribution in [1.82, 2.24) is 4.90 Å². The third-order valence-electron chi connectivity index (χ3n) is 2.56. The van der Waals surface area contributed by atoms with Crippen LogP contribution >= 0.6 is 12.2 Å². The van der Waals surface area contributed by atoms with Crippen LogP contribution in [0.1, 0.15) is 6.92 Å². The maximum absolute atomic E-state index is 11.8. The molecule has 0 aromatic heterocycles. The van der Waals surface area contributed by atoms with Crippen LogP contribution in [0.4, 0.5) is 0 Å². The number of nitrogens with two attached hydrogens (primary N) is 1. The lowest BCUT2D eigenvalue weighted by Gasteiger charge is -2.21. The number of hydrogen-bond acceptors (Lipinski definition) is 3. The second-order valence-corrected chi connectivity index (χ2v) is 4.65. The number of benzene rings is 1. The Labute approximate surface area is 113 Å². The van der Waals surface area contributed by atoms with Crippen molar-refractivity contribution in [2.75, 3.05) is 20.2 Å². The fourth-order valence-corrected chi connectivity index (χ4v) is 1.45. The monoisotopic (exact) mass is 266 g/mol. The van der Waals surface area contributed by atoms with E-state index in [-0.39, 0.29) is 18.4 Å². The summed E-state index contributed by atoms with van der Waals surface area (Å²) in [5.74, 6) is 0.592. The molecule has 0 aliphatic carbocycles. The molecule has 0 saturated carbocycles. The molecule has 1 aromatic rings. The van der Waals surface area contributed by atoms with Crippen LogP contribution in [0, 0.1) is 5.92 Å². The van der Waals surface area contributed by atoms with E-state index in [1.54, 1.807) is 11.9 Å². The first-order chi connectivity index (χ1) is 8.50. The van der Waals surface area contributed by atoms with E-state index >= 15 is 0 Å². The fraction of sp³-hybridized carbons (Fsp3) is 0.385. The molecule has 1 rings (SSSR count). The molecule has 5 heteroatoms. The van der Waals surface area contributed by atoms with Gasteiger partial charge in [-0.05, 0) is 12.1 Å². The summed E-state index contributed by atoms with van der Waals surface area (Å²) in [6.07, 6.45) is 0. The van der Waals surface area contributed by atoms with Crippen molar-refractivity contribution >= 4 is 23.1 Å². The minimum Gasteiger partial charge on any atom is -0.484 e. The molecule has 0 aliphatic heterocycles. The Morgan fingerprint density at radius 2 is 2.06 bits per heavy atom. The van der Waals surface area contributed by atoms with Crippen molar-refractivity contribution in [3.05, 3.63) is 30.3 Å². The number of thiocarbonyl (C=S) groups is 1. The van der Waals surface area contributed by atoms with Gasteiger partial charge in [-0.2, -0.15) is 0 Å². The molecule has 0 bridgehead atoms. The van der Waals surface area contributed by atoms with E-state index < -0.39 is 0 Å². The van der Waals surface area contributed by atoms with Gasteiger partial charge in [-0.1, -0.05) is 37.3 Å². The Hall–Kier alpha value is -1.62. The zero-order valence-corrected chi connectivity index (χ0v) is 11.4. The van der Waals surface area contributed by atoms with Gasteiger partial charge < -0.3 is 15.4 Å². The van der Waals surface area contributed by atoms with Crippen LogP contribution < -0.4 is 10.5 Å². The second-order valence-electron chi connectivity index (χ2n) is 4.18. The highest BCUT2D eigenvalue weighted by molar-refractivity contribution is 7.80. The van der Waals surface area contributed by atoms with Gasteiger partial charge in [0, 0.05) is 19.5 Å². The summed E-state index contributed by atoms with van der Waals surface area (Å²) in [7, 11) is 1.71. The maximum atomic E-state index is 11.8. The van der Waals surface area contributed by atoms with Crippen molar-refractivity contribution in [3.8, 4) is 5.75 Å². The topological polar surface area (TPSA) is 55.6 Å². The van der Waals surface area contributed by atoms with Crippen LogP contribution in [0.5, 0.6) is 5.75 Å². The number of amides is 1. The zero-order valence-electron chi connectivity index (χ0n) is 10.6. The van der Waals surface area contributed by atoms with Gasteiger partial charge in [0.25, 0.3) is 5.91 Å². The highest BCUT2D eigenvalue weighted by atomic mass is 32.1. The van der Waals surface area contributed by atoms with Crippen molar-refractivity contribution in [1.29, 1.82) is 0 Å². The summed E-state index contributed by atoms with van der Waals surface area (Å²) in [4.78, 5) is 13.8. The molecule has 0 heterocycles. The van der Waals surface area contributed by atoms with Crippen molar-refractivity contribution in [3.63, 3.8) is 0 Å². The lowest BCUT2D eigenvalue weighted by Crippen LogP contribution is -2.37. The normalized spacial score (nSPS) is 11.7. The van der Waals surface area contributed by atoms with Crippen LogP contribution in [-0.4, -0.2) is 36.0 Å². The van der Waals surface area contributed by atoms with Crippen molar-refractivity contribution in [2.24, 2.45) is 11.7 Å². The Kier molecular flexibility index (Phi) is 5.58. The van der Waals surface area contributed by atoms with Crippen molar-refractivity contribution in [2.45, 2.75) is 6.92 Å². The first-order valence-corrected chi connectivity index (χ1v) is 6.12. The average molecular weight is 266 g/mol. The summed E-state index contributed by atoms with van der Waals surface area (Å²) in [5, 5.41) is 0. The molecule has 18 heavy (non-hydrogen) atoms. The molecular formula is C13H18N2O2S. The van der Waals surface area contributed by atoms with E-state index in [2.05, 4.69) is 0 Å². The molecule has 98 valence electrons. The van der Waals surface area contributed by atoms with Gasteiger partial charge in [0.2, 0.25) is 0 Å². The largest absolute Gasteiger partial charge is 0.484 e. The Balaban J connectivity index is 2.39. The molecular weight excluding hydrogens is 248 g/mol. The molecule has 0 saturated heterocycles. The van der Waals surface area contributed by atoms with Crippen LogP contribution in [0.25, 0.3) is 0 Å². The van der Waals surface area contributed by atoms with Gasteiger partial charge in [-0.3, -0.25) is 4.79 Å². The highest BCUT2D eigenvalue weighted by Crippen LogP contribution is 2.08. The summed E-state index contributed by atoms with van der Waals surface area (Å²) in [6, 6.07) is 9.23. The molecule has 1 atom stereocenters. The summed E-state index contributed by atoms with van der Waals surface area (Å²) in [5.41, 5.74) is 5.51. The molecule has 0 aliphatic rings. The van der Waals surface area contributed by atoms with E-state index in [1.165, 1.54) is 0 Å². The molecule has 4 nitrogen and oxygen atoms in total. The molecule has 0 fully saturated rings. The molecule has 1 unspecified atom stereocenters. The molecule has 0 spiro atoms. The van der Waals surface area contributed by atoms with Gasteiger partial charge in [0.15, 0.2) is 6.61 Å². The predicted octanol–water partition coefficient (Wildman–Crippen LogP) is 1.45. The SMILES string of the molecule is CC(CN(C)C(=O)COc1ccccc1)C(N)=S. The number of nitrogens with zero attached hydrogens (tertiary/aromatic N) is 1. The Morgan fingerprint density at radius 1 is 1.44 bits per heavy atom. The number of ether oxygens (including phenoxy) is 1. The third-order valence-corrected chi connectivity index (χ3v) is 2.97. The van der Waals surface area contributed by atoms with Crippen LogP contribution in [0.3, 0.4) is 0 Å². The average Bonchev–Trinajstić information content (AvgIpc) is 2.36. The number of para-hydroxylation sites is 1. The molecule has 0 radical (unpaired) electrons. The van der Waals surface area contributed by atoms with Gasteiger partial charge >= 0.3 is 0 Å². The van der Waals surface area contributed by atoms with Gasteiger partial charge in [-0.15, -0.1) is 0 Å². The first-order valence-electron chi connectivity index (χ1n) is 5.72. The van der Waals surface area contributed by atoms with Crippen LogP contribution in [-0.2, 0) is 4.79 Å². The van der Waals surface area contributed by atoms with Gasteiger partial charge in [-0.25, -0.2) is 0 Å². The minimum absolute atomic E-state index is 0.00525. The standard InChI is InChI=1S/C13H18N2O2S/c1-10(13(14)18)8-15(2)12(16)9-17-11-6-4-3-5-7-11/h3-7,10H,8-9H2,1-2H3,(H2,14,18). The maximum Gasteiger partial charge on any atom is 0.260 e. The minimum atomic E-state index is -0.0954. The van der Waals surface area contributed by atoms with Crippen LogP contribution in [0.15, 0.2) is 30.3 Å². The lowest BCUT2D eigenvalue weighted by atomic mass is 10.2. The first kappa shape index (κ1) is 14.4.